The Kier molecular flexibility index (Phi) is 10.9. The number of halogens is 2. The largest absolute Gasteiger partial charge is 0.361 e. The van der Waals surface area contributed by atoms with Crippen molar-refractivity contribution < 1.29 is 4.39 Å². The van der Waals surface area contributed by atoms with Gasteiger partial charge in [-0.2, -0.15) is 0 Å². The van der Waals surface area contributed by atoms with E-state index in [4.69, 9.17) is 4.99 Å². The maximum Gasteiger partial charge on any atom is 0.191 e. The fourth-order valence-corrected chi connectivity index (χ4v) is 3.83. The number of hydrogen-bond acceptors (Lipinski definition) is 3. The number of likely N-dealkylation sites (N-methyl/N-ethyl adjacent to an activating group) is 1. The number of nitrogens with one attached hydrogen (secondary N) is 3. The molecule has 0 bridgehead atoms. The van der Waals surface area contributed by atoms with E-state index < -0.39 is 0 Å². The molecular formula is C22H36FIN6. The van der Waals surface area contributed by atoms with Crippen molar-refractivity contribution in [3.8, 4) is 0 Å². The van der Waals surface area contributed by atoms with E-state index in [0.29, 0.717) is 0 Å². The molecule has 1 fully saturated rings. The molecule has 0 spiro atoms. The molecule has 1 aliphatic heterocycles. The first-order chi connectivity index (χ1) is 14.2. The molecule has 0 atom stereocenters. The minimum Gasteiger partial charge on any atom is -0.361 e. The Morgan fingerprint density at radius 2 is 2.07 bits per heavy atom. The van der Waals surface area contributed by atoms with Crippen LogP contribution in [0.3, 0.4) is 0 Å². The number of rotatable bonds is 8. The summed E-state index contributed by atoms with van der Waals surface area (Å²) in [6, 6.07) is 4.90. The predicted octanol–water partition coefficient (Wildman–Crippen LogP) is 3.05. The van der Waals surface area contributed by atoms with Gasteiger partial charge in [0.25, 0.3) is 0 Å². The zero-order chi connectivity index (χ0) is 20.5. The molecule has 1 aromatic carbocycles. The highest BCUT2D eigenvalue weighted by Crippen LogP contribution is 2.19. The number of aromatic nitrogens is 1. The maximum absolute atomic E-state index is 13.3. The summed E-state index contributed by atoms with van der Waals surface area (Å²) in [5.74, 6) is 0.659. The molecule has 168 valence electrons. The van der Waals surface area contributed by atoms with Gasteiger partial charge in [0.05, 0.1) is 0 Å². The predicted molar refractivity (Wildman–Crippen MR) is 135 cm³/mol. The van der Waals surface area contributed by atoms with Crippen LogP contribution in [0.15, 0.2) is 29.4 Å². The summed E-state index contributed by atoms with van der Waals surface area (Å²) in [5.41, 5.74) is 2.04. The van der Waals surface area contributed by atoms with Gasteiger partial charge >= 0.3 is 0 Å². The van der Waals surface area contributed by atoms with Gasteiger partial charge in [-0.1, -0.05) is 0 Å². The molecule has 1 saturated heterocycles. The third-order valence-corrected chi connectivity index (χ3v) is 5.47. The Bertz CT molecular complexity index is 793. The summed E-state index contributed by atoms with van der Waals surface area (Å²) in [5, 5.41) is 7.82. The van der Waals surface area contributed by atoms with Gasteiger partial charge in [-0.25, -0.2) is 4.39 Å². The van der Waals surface area contributed by atoms with Gasteiger partial charge in [-0.15, -0.1) is 24.0 Å². The zero-order valence-corrected chi connectivity index (χ0v) is 20.5. The Morgan fingerprint density at radius 1 is 1.20 bits per heavy atom. The smallest absolute Gasteiger partial charge is 0.191 e. The summed E-state index contributed by atoms with van der Waals surface area (Å²) < 4.78 is 13.3. The monoisotopic (exact) mass is 530 g/mol. The van der Waals surface area contributed by atoms with E-state index in [1.165, 1.54) is 31.1 Å². The van der Waals surface area contributed by atoms with Gasteiger partial charge in [0, 0.05) is 49.8 Å². The van der Waals surface area contributed by atoms with Crippen LogP contribution in [0, 0.1) is 5.82 Å². The lowest BCUT2D eigenvalue weighted by Gasteiger charge is -2.19. The number of guanidine groups is 1. The Balaban J connectivity index is 0.00000320. The molecule has 6 nitrogen and oxygen atoms in total. The van der Waals surface area contributed by atoms with Crippen LogP contribution in [0.1, 0.15) is 25.3 Å². The van der Waals surface area contributed by atoms with Crippen LogP contribution in [0.5, 0.6) is 0 Å². The van der Waals surface area contributed by atoms with Crippen LogP contribution in [-0.2, 0) is 6.42 Å². The van der Waals surface area contributed by atoms with Gasteiger partial charge in [0.2, 0.25) is 0 Å². The molecule has 1 aliphatic rings. The highest BCUT2D eigenvalue weighted by molar-refractivity contribution is 14.0. The van der Waals surface area contributed by atoms with E-state index in [1.807, 2.05) is 12.3 Å². The molecule has 0 radical (unpaired) electrons. The first-order valence-corrected chi connectivity index (χ1v) is 10.8. The Morgan fingerprint density at radius 3 is 2.90 bits per heavy atom. The first kappa shape index (κ1) is 24.9. The topological polar surface area (TPSA) is 58.7 Å². The first-order valence-electron chi connectivity index (χ1n) is 10.8. The number of nitrogens with zero attached hydrogens (tertiary/aromatic N) is 3. The van der Waals surface area contributed by atoms with E-state index >= 15 is 0 Å². The molecular weight excluding hydrogens is 494 g/mol. The van der Waals surface area contributed by atoms with Crippen molar-refractivity contribution in [2.75, 3.05) is 59.4 Å². The third kappa shape index (κ3) is 7.70. The highest BCUT2D eigenvalue weighted by Gasteiger charge is 2.11. The van der Waals surface area contributed by atoms with Gasteiger partial charge in [-0.3, -0.25) is 4.99 Å². The number of H-pyrrole nitrogens is 1. The molecule has 30 heavy (non-hydrogen) atoms. The number of hydrogen-bond donors (Lipinski definition) is 3. The summed E-state index contributed by atoms with van der Waals surface area (Å²) in [6.45, 7) is 10.4. The standard InChI is InChI=1S/C22H35FN6.HI/c1-3-24-22(25-9-4-12-29-13-5-11-28(2)14-15-29)26-10-8-18-17-27-21-16-19(23)6-7-20(18)21;/h6-7,16-17,27H,3-5,8-15H2,1-2H3,(H2,24,25,26);1H. The Hall–Kier alpha value is -1.39. The number of fused-ring (bicyclic) bond motifs is 1. The molecule has 3 rings (SSSR count). The second-order valence-corrected chi connectivity index (χ2v) is 7.79. The van der Waals surface area contributed by atoms with Crippen molar-refractivity contribution in [1.29, 1.82) is 0 Å². The van der Waals surface area contributed by atoms with Crippen molar-refractivity contribution in [2.45, 2.75) is 26.2 Å². The summed E-state index contributed by atoms with van der Waals surface area (Å²) >= 11 is 0. The highest BCUT2D eigenvalue weighted by atomic mass is 127. The average Bonchev–Trinajstić information content (AvgIpc) is 2.98. The van der Waals surface area contributed by atoms with Gasteiger partial charge in [0.15, 0.2) is 5.96 Å². The van der Waals surface area contributed by atoms with Crippen molar-refractivity contribution >= 4 is 40.8 Å². The summed E-state index contributed by atoms with van der Waals surface area (Å²) in [7, 11) is 2.21. The van der Waals surface area contributed by atoms with E-state index in [-0.39, 0.29) is 29.8 Å². The normalized spacial score (nSPS) is 16.3. The van der Waals surface area contributed by atoms with E-state index in [0.717, 1.165) is 69.0 Å². The lowest BCUT2D eigenvalue weighted by Crippen LogP contribution is -2.38. The molecule has 2 heterocycles. The van der Waals surface area contributed by atoms with Crippen LogP contribution in [-0.4, -0.2) is 80.1 Å². The van der Waals surface area contributed by atoms with Crippen LogP contribution >= 0.6 is 24.0 Å². The summed E-state index contributed by atoms with van der Waals surface area (Å²) in [4.78, 5) is 12.8. The van der Waals surface area contributed by atoms with Gasteiger partial charge in [0.1, 0.15) is 5.82 Å². The lowest BCUT2D eigenvalue weighted by atomic mass is 10.1. The average molecular weight is 530 g/mol. The minimum atomic E-state index is -0.210. The Labute approximate surface area is 196 Å². The van der Waals surface area contributed by atoms with Crippen molar-refractivity contribution in [2.24, 2.45) is 4.99 Å². The van der Waals surface area contributed by atoms with Gasteiger partial charge in [-0.05, 0) is 76.6 Å². The second-order valence-electron chi connectivity index (χ2n) is 7.79. The number of benzene rings is 1. The molecule has 0 aliphatic carbocycles. The zero-order valence-electron chi connectivity index (χ0n) is 18.2. The van der Waals surface area contributed by atoms with Crippen LogP contribution in [0.4, 0.5) is 4.39 Å². The van der Waals surface area contributed by atoms with Crippen LogP contribution in [0.2, 0.25) is 0 Å². The van der Waals surface area contributed by atoms with E-state index in [2.05, 4.69) is 39.4 Å². The summed E-state index contributed by atoms with van der Waals surface area (Å²) in [6.07, 6.45) is 5.16. The third-order valence-electron chi connectivity index (χ3n) is 5.47. The molecule has 1 aromatic heterocycles. The fraction of sp³-hybridized carbons (Fsp3) is 0.591. The molecule has 0 unspecified atom stereocenters. The minimum absolute atomic E-state index is 0. The maximum atomic E-state index is 13.3. The fourth-order valence-electron chi connectivity index (χ4n) is 3.83. The number of aromatic amines is 1. The molecule has 8 heteroatoms. The lowest BCUT2D eigenvalue weighted by molar-refractivity contribution is 0.275. The molecule has 0 saturated carbocycles. The quantitative estimate of drug-likeness (QED) is 0.213. The van der Waals surface area contributed by atoms with Gasteiger partial charge < -0.3 is 25.4 Å². The molecule has 2 aromatic rings. The van der Waals surface area contributed by atoms with Crippen molar-refractivity contribution in [1.82, 2.24) is 25.4 Å². The van der Waals surface area contributed by atoms with E-state index in [9.17, 15) is 4.39 Å². The van der Waals surface area contributed by atoms with E-state index in [1.54, 1.807) is 6.07 Å². The molecule has 0 amide bonds. The SMILES string of the molecule is CCNC(=NCCCN1CCCN(C)CC1)NCCc1c[nH]c2cc(F)ccc12.I. The second kappa shape index (κ2) is 13.1. The van der Waals surface area contributed by atoms with Crippen LogP contribution < -0.4 is 10.6 Å². The number of aliphatic imine (C=N–C) groups is 1. The van der Waals surface area contributed by atoms with Crippen molar-refractivity contribution in [3.63, 3.8) is 0 Å². The van der Waals surface area contributed by atoms with Crippen molar-refractivity contribution in [3.05, 3.63) is 35.8 Å². The van der Waals surface area contributed by atoms with Crippen LogP contribution in [0.25, 0.3) is 10.9 Å². The molecule has 3 N–H and O–H groups in total.